The summed E-state index contributed by atoms with van der Waals surface area (Å²) in [6, 6.07) is 12.9. The van der Waals surface area contributed by atoms with Crippen LogP contribution < -0.4 is 63.5 Å². The molecule has 11 N–H and O–H groups in total. The van der Waals surface area contributed by atoms with Crippen LogP contribution in [0.3, 0.4) is 0 Å². The van der Waals surface area contributed by atoms with Gasteiger partial charge in [-0.25, -0.2) is 29.9 Å². The minimum absolute atomic E-state index is 0. The first-order valence-corrected chi connectivity index (χ1v) is 46.1. The van der Waals surface area contributed by atoms with Crippen molar-refractivity contribution in [3.8, 4) is 11.9 Å². The highest BCUT2D eigenvalue weighted by Crippen LogP contribution is 2.31. The fraction of sp³-hybridized carbons (Fsp3) is 0.485. The normalized spacial score (nSPS) is 14.2. The van der Waals surface area contributed by atoms with Crippen molar-refractivity contribution in [2.75, 3.05) is 29.1 Å². The Morgan fingerprint density at radius 2 is 1.03 bits per heavy atom. The van der Waals surface area contributed by atoms with Gasteiger partial charge in [0, 0.05) is 119 Å². The highest BCUT2D eigenvalue weighted by Gasteiger charge is 2.29. The summed E-state index contributed by atoms with van der Waals surface area (Å²) in [5.74, 6) is 6.79. The third-order valence-corrected chi connectivity index (χ3v) is 18.1. The molecule has 0 saturated carbocycles. The molecule has 7 amide bonds. The Balaban J connectivity index is 0.000000541. The molecule has 140 heavy (non-hydrogen) atoms. The summed E-state index contributed by atoms with van der Waals surface area (Å²) in [6.07, 6.45) is 22.8. The van der Waals surface area contributed by atoms with E-state index in [0.29, 0.717) is 80.0 Å². The monoisotopic (exact) mass is 1930 g/mol. The third kappa shape index (κ3) is 41.8. The van der Waals surface area contributed by atoms with E-state index in [-0.39, 0.29) is 142 Å². The number of imidazole rings is 3. The zero-order chi connectivity index (χ0) is 106. The number of H-pyrrole nitrogens is 1. The summed E-state index contributed by atoms with van der Waals surface area (Å²) in [5, 5.41) is 36.2. The number of carbonyl (C=O) groups is 7. The number of aromatic amines is 1. The van der Waals surface area contributed by atoms with Crippen LogP contribution in [0.5, 0.6) is 5.88 Å². The van der Waals surface area contributed by atoms with Gasteiger partial charge in [0.1, 0.15) is 58.7 Å². The standard InChI is InChI=1S/C17H18N4O.C16H22N6O2.C13H19N5O2.C13H23N3.C11H17N3O.C9H13N3O.C9H14N2O.C6H8N2O.2C4H10.CH4/c1-17(2,3)21-11-19-14-13(9-10-18-15(14)21)20-16(22)12-7-5-4-6-8-12;1-10(2)13(23)20-15-19-12-11(14(21-15)24-8-6-7-17)18-9-22(12)16(3,4)5;1-7(2)10(19)16-12-15-9-8(11(20)17-12)14-6-18(9)13(3,4)5;1-10(2)9-14-12-7-8-16(11(3)15-12)13(4,5)6;1-8-12-10(13-9(2)15)6-7-14(8)11(3,4)5;1-6(2)9(13)12-8-4-5-10-7(3)11-8;1-7-10-8(12)5-6-11(7)9(2,3)4;1-4-3-7-5(2)8-6(4)9;2*1-4(2)3;/h4-11H,1-3H3,(H,18,20,22);9-10H,6,8H2,1-5H3,(H,19,20,21,23);6-7H,1-5H3,(H2,15,16,17,19,20);7-8,10H,3,9H2,1-2,4-6H3,(H,14,15);6-7H,1H2,2-5H3,(H,12,13,15);4-6,11H,3H2,1-2H3,(H,12,13);5-6H,1H2,2-4H3,(H,10,12);3,7H,2H2,1H3,(H,8,9);2*4H,1-3H3;1H4. The van der Waals surface area contributed by atoms with Gasteiger partial charge in [0.05, 0.1) is 37.2 Å². The quantitative estimate of drug-likeness (QED) is 0.0478. The van der Waals surface area contributed by atoms with Crippen molar-refractivity contribution in [2.24, 2.45) is 50.5 Å². The number of anilines is 3. The predicted molar refractivity (Wildman–Crippen MR) is 566 cm³/mol. The molecule has 1 aromatic carbocycles. The summed E-state index contributed by atoms with van der Waals surface area (Å²) in [7, 11) is 0. The fourth-order valence-electron chi connectivity index (χ4n) is 11.2. The van der Waals surface area contributed by atoms with Crippen molar-refractivity contribution in [3.63, 3.8) is 0 Å². The zero-order valence-electron chi connectivity index (χ0n) is 88.4. The van der Waals surface area contributed by atoms with Gasteiger partial charge >= 0.3 is 0 Å². The van der Waals surface area contributed by atoms with Crippen LogP contribution in [0.25, 0.3) is 33.5 Å². The van der Waals surface area contributed by atoms with E-state index >= 15 is 0 Å². The fourth-order valence-corrected chi connectivity index (χ4v) is 11.2. The molecule has 12 rings (SSSR count). The minimum atomic E-state index is -0.364. The highest BCUT2D eigenvalue weighted by atomic mass is 16.5. The number of allylic oxidation sites excluding steroid dienone is 1. The smallest absolute Gasteiger partial charge is 0.280 e. The lowest BCUT2D eigenvalue weighted by Crippen LogP contribution is -2.44. The first kappa shape index (κ1) is 122. The molecule has 0 radical (unpaired) electrons. The number of pyridine rings is 1. The molecule has 0 unspecified atom stereocenters. The van der Waals surface area contributed by atoms with Gasteiger partial charge in [0.2, 0.25) is 41.4 Å². The van der Waals surface area contributed by atoms with Crippen LogP contribution in [0.1, 0.15) is 260 Å². The minimum Gasteiger partial charge on any atom is -0.475 e. The van der Waals surface area contributed by atoms with Crippen LogP contribution in [0.15, 0.2) is 204 Å². The third-order valence-electron chi connectivity index (χ3n) is 18.1. The van der Waals surface area contributed by atoms with Gasteiger partial charge in [0.15, 0.2) is 28.0 Å². The maximum Gasteiger partial charge on any atom is 0.280 e. The van der Waals surface area contributed by atoms with Crippen LogP contribution in [0.4, 0.5) is 17.6 Å². The number of nitrogens with one attached hydrogen (secondary N) is 11. The molecule has 7 aromatic rings. The van der Waals surface area contributed by atoms with Crippen LogP contribution in [-0.4, -0.2) is 157 Å². The lowest BCUT2D eigenvalue weighted by molar-refractivity contribution is -0.123. The molecule has 0 atom stereocenters. The van der Waals surface area contributed by atoms with Gasteiger partial charge in [-0.15, -0.1) is 0 Å². The van der Waals surface area contributed by atoms with Gasteiger partial charge in [-0.05, 0) is 186 Å². The number of carbonyl (C=O) groups excluding carboxylic acids is 7. The average Bonchev–Trinajstić information content (AvgIpc) is 1.63. The average molecular weight is 1930 g/mol. The number of aliphatic imine (C=N–C) groups is 3. The molecule has 37 nitrogen and oxygen atoms in total. The van der Waals surface area contributed by atoms with Crippen molar-refractivity contribution in [1.29, 1.82) is 5.26 Å². The Morgan fingerprint density at radius 3 is 1.49 bits per heavy atom. The number of ether oxygens (including phenoxy) is 1. The molecule has 764 valence electrons. The summed E-state index contributed by atoms with van der Waals surface area (Å²) in [4.78, 5) is 143. The van der Waals surface area contributed by atoms with E-state index in [9.17, 15) is 38.4 Å². The van der Waals surface area contributed by atoms with E-state index in [0.717, 1.165) is 35.7 Å². The van der Waals surface area contributed by atoms with Crippen molar-refractivity contribution in [2.45, 2.75) is 282 Å². The number of hydrogen-bond donors (Lipinski definition) is 11. The van der Waals surface area contributed by atoms with Crippen LogP contribution in [-0.2, 0) is 45.4 Å². The van der Waals surface area contributed by atoms with E-state index in [1.54, 1.807) is 109 Å². The van der Waals surface area contributed by atoms with E-state index in [2.05, 4.69) is 284 Å². The number of benzene rings is 1. The Bertz CT molecular complexity index is 5800. The number of amidine groups is 2. The first-order valence-electron chi connectivity index (χ1n) is 46.1. The van der Waals surface area contributed by atoms with Crippen molar-refractivity contribution in [3.05, 3.63) is 200 Å². The summed E-state index contributed by atoms with van der Waals surface area (Å²) in [5.41, 5.74) is 4.18. The Labute approximate surface area is 829 Å². The summed E-state index contributed by atoms with van der Waals surface area (Å²) >= 11 is 0. The van der Waals surface area contributed by atoms with Gasteiger partial charge in [-0.3, -0.25) is 59.0 Å². The van der Waals surface area contributed by atoms with E-state index in [1.807, 2.05) is 122 Å². The van der Waals surface area contributed by atoms with E-state index in [4.69, 9.17) is 10.00 Å². The number of nitriles is 1. The molecule has 11 heterocycles. The second-order valence-electron chi connectivity index (χ2n) is 41.1. The maximum atomic E-state index is 12.3. The Kier molecular flexibility index (Phi) is 47.4. The summed E-state index contributed by atoms with van der Waals surface area (Å²) < 4.78 is 11.3. The molecular formula is C103H158N28O9. The molecule has 0 bridgehead atoms. The van der Waals surface area contributed by atoms with Gasteiger partial charge < -0.3 is 75.7 Å². The van der Waals surface area contributed by atoms with E-state index in [1.165, 1.54) is 13.0 Å². The highest BCUT2D eigenvalue weighted by molar-refractivity contribution is 6.08. The number of amides is 7. The lowest BCUT2D eigenvalue weighted by Gasteiger charge is -2.38. The molecule has 0 fully saturated rings. The molecule has 0 aliphatic carbocycles. The predicted octanol–water partition coefficient (Wildman–Crippen LogP) is 17.7. The number of hydrogen-bond acceptors (Lipinski definition) is 25. The maximum absolute atomic E-state index is 12.3. The summed E-state index contributed by atoms with van der Waals surface area (Å²) in [6.45, 7) is 88.2. The molecule has 5 aliphatic heterocycles. The molecule has 6 aromatic heterocycles. The molecule has 0 spiro atoms. The second kappa shape index (κ2) is 54.6. The van der Waals surface area contributed by atoms with Crippen molar-refractivity contribution in [1.82, 2.24) is 105 Å². The van der Waals surface area contributed by atoms with Crippen LogP contribution in [0.2, 0.25) is 0 Å². The SMILES string of the molecule is C.C=C1N=C(NC(C)=O)C=CN1C(C)(C)C.C=C1N=CC=C(NC(=O)C(C)C)N1.C=C1NC(=NCC(C)C)C=CN1C(C)(C)C.C=C1NC(=O)C=CN1C(C)(C)C.C=C1NC=C(C)C(=O)N1.CC(C)(C)n1cnc2c(NC(=O)c3ccccc3)ccnc21.CC(C)C.CC(C)C.CC(C)C(=O)Nc1nc(OCCC#N)c2ncn(C(C)(C)C)c2n1.CC(C)C(=O)Nc1nc2c(ncn2C(C)(C)C)c(=O)[nH]1. The first-order chi connectivity index (χ1) is 64.2. The number of rotatable bonds is 13. The van der Waals surface area contributed by atoms with Gasteiger partial charge in [-0.2, -0.15) is 20.2 Å². The topological polar surface area (TPSA) is 457 Å². The molecule has 37 heteroatoms. The number of aromatic nitrogens is 11. The van der Waals surface area contributed by atoms with Crippen LogP contribution >= 0.6 is 0 Å². The largest absolute Gasteiger partial charge is 0.475 e. The zero-order valence-corrected chi connectivity index (χ0v) is 88.4. The van der Waals surface area contributed by atoms with Crippen molar-refractivity contribution >= 4 is 110 Å². The van der Waals surface area contributed by atoms with Crippen molar-refractivity contribution < 1.29 is 38.3 Å². The molecule has 5 aliphatic rings. The van der Waals surface area contributed by atoms with E-state index < -0.39 is 0 Å². The molecular weight excluding hydrogens is 1770 g/mol. The number of nitrogens with zero attached hydrogens (tertiary/aromatic N) is 17. The molecule has 0 saturated heterocycles. The lowest BCUT2D eigenvalue weighted by atomic mass is 10.1. The van der Waals surface area contributed by atoms with Gasteiger partial charge in [-0.1, -0.05) is 155 Å². The Hall–Kier alpha value is -14.5. The number of fused-ring (bicyclic) bond motifs is 3. The van der Waals surface area contributed by atoms with Gasteiger partial charge in [0.25, 0.3) is 23.3 Å². The second-order valence-corrected chi connectivity index (χ2v) is 41.1. The van der Waals surface area contributed by atoms with Crippen LogP contribution in [0, 0.1) is 46.8 Å². The Morgan fingerprint density at radius 1 is 0.543 bits per heavy atom.